The molecule has 0 atom stereocenters. The third-order valence-electron chi connectivity index (χ3n) is 4.46. The molecule has 0 bridgehead atoms. The van der Waals surface area contributed by atoms with Gasteiger partial charge in [0.05, 0.1) is 11.9 Å². The fourth-order valence-electron chi connectivity index (χ4n) is 2.87. The Hall–Kier alpha value is -2.73. The van der Waals surface area contributed by atoms with Crippen molar-refractivity contribution in [1.29, 1.82) is 0 Å². The van der Waals surface area contributed by atoms with Gasteiger partial charge in [-0.2, -0.15) is 0 Å². The minimum absolute atomic E-state index is 0.250. The van der Waals surface area contributed by atoms with E-state index < -0.39 is 0 Å². The molecule has 1 aromatic carbocycles. The molecule has 1 aliphatic heterocycles. The van der Waals surface area contributed by atoms with Crippen molar-refractivity contribution in [2.45, 2.75) is 6.92 Å². The van der Waals surface area contributed by atoms with Crippen LogP contribution in [0.5, 0.6) is 0 Å². The van der Waals surface area contributed by atoms with Crippen LogP contribution in [0.3, 0.4) is 0 Å². The van der Waals surface area contributed by atoms with E-state index in [0.29, 0.717) is 5.69 Å². The van der Waals surface area contributed by atoms with Crippen molar-refractivity contribution < 1.29 is 9.18 Å². The molecule has 6 heteroatoms. The number of carbonyl (C=O) groups is 1. The Kier molecular flexibility index (Phi) is 5.96. The van der Waals surface area contributed by atoms with Crippen LogP contribution in [0.1, 0.15) is 12.5 Å². The zero-order valence-corrected chi connectivity index (χ0v) is 14.9. The topological polar surface area (TPSA) is 48.5 Å². The quantitative estimate of drug-likeness (QED) is 0.839. The molecule has 1 fully saturated rings. The van der Waals surface area contributed by atoms with Crippen LogP contribution in [0.2, 0.25) is 0 Å². The lowest BCUT2D eigenvalue weighted by Gasteiger charge is -2.34. The summed E-state index contributed by atoms with van der Waals surface area (Å²) in [6, 6.07) is 9.75. The highest BCUT2D eigenvalue weighted by Gasteiger charge is 2.16. The summed E-state index contributed by atoms with van der Waals surface area (Å²) < 4.78 is 12.9. The standard InChI is InChI=1S/C20H23FN4O/c1-2-24-11-13-25(14-12-24)19-9-8-18(15-22-19)23-20(26)10-5-16-3-6-17(21)7-4-16/h3-10,15H,2,11-14H2,1H3,(H,23,26)/b10-5+. The predicted octanol–water partition coefficient (Wildman–Crippen LogP) is 3.01. The lowest BCUT2D eigenvalue weighted by Crippen LogP contribution is -2.46. The molecular weight excluding hydrogens is 331 g/mol. The number of halogens is 1. The maximum absolute atomic E-state index is 12.9. The normalized spacial score (nSPS) is 15.4. The number of rotatable bonds is 5. The minimum atomic E-state index is -0.297. The summed E-state index contributed by atoms with van der Waals surface area (Å²) in [7, 11) is 0. The summed E-state index contributed by atoms with van der Waals surface area (Å²) in [5.41, 5.74) is 1.41. The first kappa shape index (κ1) is 18.1. The number of likely N-dealkylation sites (N-methyl/N-ethyl adjacent to an activating group) is 1. The maximum atomic E-state index is 12.9. The van der Waals surface area contributed by atoms with Gasteiger partial charge in [-0.3, -0.25) is 4.79 Å². The number of hydrogen-bond donors (Lipinski definition) is 1. The Morgan fingerprint density at radius 2 is 1.88 bits per heavy atom. The molecule has 1 aromatic heterocycles. The Morgan fingerprint density at radius 3 is 2.50 bits per heavy atom. The lowest BCUT2D eigenvalue weighted by atomic mass is 10.2. The minimum Gasteiger partial charge on any atom is -0.354 e. The highest BCUT2D eigenvalue weighted by atomic mass is 19.1. The highest BCUT2D eigenvalue weighted by Crippen LogP contribution is 2.16. The number of benzene rings is 1. The van der Waals surface area contributed by atoms with Crippen molar-refractivity contribution in [1.82, 2.24) is 9.88 Å². The van der Waals surface area contributed by atoms with Crippen molar-refractivity contribution in [2.24, 2.45) is 0 Å². The molecule has 0 unspecified atom stereocenters. The SMILES string of the molecule is CCN1CCN(c2ccc(NC(=O)/C=C/c3ccc(F)cc3)cn2)CC1. The van der Waals surface area contributed by atoms with Crippen LogP contribution in [0.4, 0.5) is 15.9 Å². The second-order valence-corrected chi connectivity index (χ2v) is 6.20. The van der Waals surface area contributed by atoms with Gasteiger partial charge in [0, 0.05) is 32.3 Å². The first-order valence-electron chi connectivity index (χ1n) is 8.82. The summed E-state index contributed by atoms with van der Waals surface area (Å²) in [6.45, 7) is 7.28. The third-order valence-corrected chi connectivity index (χ3v) is 4.46. The Bertz CT molecular complexity index is 750. The number of carbonyl (C=O) groups excluding carboxylic acids is 1. The fourth-order valence-corrected chi connectivity index (χ4v) is 2.87. The van der Waals surface area contributed by atoms with Gasteiger partial charge in [0.2, 0.25) is 5.91 Å². The van der Waals surface area contributed by atoms with Crippen LogP contribution in [0.15, 0.2) is 48.7 Å². The van der Waals surface area contributed by atoms with Gasteiger partial charge in [0.15, 0.2) is 0 Å². The van der Waals surface area contributed by atoms with E-state index in [9.17, 15) is 9.18 Å². The molecule has 2 aromatic rings. The van der Waals surface area contributed by atoms with E-state index >= 15 is 0 Å². The molecule has 1 saturated heterocycles. The van der Waals surface area contributed by atoms with Gasteiger partial charge in [0.1, 0.15) is 11.6 Å². The molecule has 1 amide bonds. The largest absolute Gasteiger partial charge is 0.354 e. The van der Waals surface area contributed by atoms with Crippen LogP contribution >= 0.6 is 0 Å². The molecule has 136 valence electrons. The summed E-state index contributed by atoms with van der Waals surface area (Å²) in [5, 5.41) is 2.78. The first-order chi connectivity index (χ1) is 12.6. The summed E-state index contributed by atoms with van der Waals surface area (Å²) >= 11 is 0. The zero-order chi connectivity index (χ0) is 18.4. The number of piperazine rings is 1. The van der Waals surface area contributed by atoms with Crippen molar-refractivity contribution >= 4 is 23.5 Å². The van der Waals surface area contributed by atoms with Crippen molar-refractivity contribution in [3.63, 3.8) is 0 Å². The molecule has 0 spiro atoms. The number of nitrogens with one attached hydrogen (secondary N) is 1. The summed E-state index contributed by atoms with van der Waals surface area (Å²) in [5.74, 6) is 0.384. The van der Waals surface area contributed by atoms with Gasteiger partial charge in [-0.1, -0.05) is 19.1 Å². The zero-order valence-electron chi connectivity index (χ0n) is 14.9. The van der Waals surface area contributed by atoms with Crippen LogP contribution in [0, 0.1) is 5.82 Å². The highest BCUT2D eigenvalue weighted by molar-refractivity contribution is 6.01. The number of aromatic nitrogens is 1. The van der Waals surface area contributed by atoms with Gasteiger partial charge in [-0.05, 0) is 42.4 Å². The lowest BCUT2D eigenvalue weighted by molar-refractivity contribution is -0.111. The van der Waals surface area contributed by atoms with Gasteiger partial charge < -0.3 is 15.1 Å². The van der Waals surface area contributed by atoms with E-state index in [0.717, 1.165) is 44.1 Å². The third kappa shape index (κ3) is 4.89. The Balaban J connectivity index is 1.53. The molecular formula is C20H23FN4O. The van der Waals surface area contributed by atoms with E-state index in [1.54, 1.807) is 24.4 Å². The molecule has 0 radical (unpaired) electrons. The van der Waals surface area contributed by atoms with E-state index in [1.807, 2.05) is 12.1 Å². The van der Waals surface area contributed by atoms with Crippen molar-refractivity contribution in [3.05, 3.63) is 60.1 Å². The second-order valence-electron chi connectivity index (χ2n) is 6.20. The van der Waals surface area contributed by atoms with Gasteiger partial charge in [-0.25, -0.2) is 9.37 Å². The molecule has 26 heavy (non-hydrogen) atoms. The molecule has 3 rings (SSSR count). The molecule has 5 nitrogen and oxygen atoms in total. The van der Waals surface area contributed by atoms with Crippen molar-refractivity contribution in [3.8, 4) is 0 Å². The average Bonchev–Trinajstić information content (AvgIpc) is 2.68. The summed E-state index contributed by atoms with van der Waals surface area (Å²) in [4.78, 5) is 21.1. The van der Waals surface area contributed by atoms with Gasteiger partial charge >= 0.3 is 0 Å². The van der Waals surface area contributed by atoms with Crippen LogP contribution in [0.25, 0.3) is 6.08 Å². The van der Waals surface area contributed by atoms with Crippen molar-refractivity contribution in [2.75, 3.05) is 42.9 Å². The number of pyridine rings is 1. The molecule has 0 saturated carbocycles. The van der Waals surface area contributed by atoms with E-state index in [-0.39, 0.29) is 11.7 Å². The Labute approximate surface area is 153 Å². The van der Waals surface area contributed by atoms with Gasteiger partial charge in [0.25, 0.3) is 0 Å². The second kappa shape index (κ2) is 8.58. The summed E-state index contributed by atoms with van der Waals surface area (Å²) in [6.07, 6.45) is 4.74. The Morgan fingerprint density at radius 1 is 1.15 bits per heavy atom. The number of amides is 1. The number of hydrogen-bond acceptors (Lipinski definition) is 4. The molecule has 1 aliphatic rings. The average molecular weight is 354 g/mol. The van der Waals surface area contributed by atoms with Gasteiger partial charge in [-0.15, -0.1) is 0 Å². The monoisotopic (exact) mass is 354 g/mol. The molecule has 1 N–H and O–H groups in total. The van der Waals surface area contributed by atoms with Crippen LogP contribution in [-0.2, 0) is 4.79 Å². The first-order valence-corrected chi connectivity index (χ1v) is 8.82. The fraction of sp³-hybridized carbons (Fsp3) is 0.300. The molecule has 0 aliphatic carbocycles. The van der Waals surface area contributed by atoms with E-state index in [4.69, 9.17) is 0 Å². The maximum Gasteiger partial charge on any atom is 0.248 e. The van der Waals surface area contributed by atoms with Crippen LogP contribution in [-0.4, -0.2) is 48.5 Å². The molecule has 2 heterocycles. The van der Waals surface area contributed by atoms with Crippen LogP contribution < -0.4 is 10.2 Å². The van der Waals surface area contributed by atoms with E-state index in [2.05, 4.69) is 27.0 Å². The predicted molar refractivity (Wildman–Crippen MR) is 103 cm³/mol. The van der Waals surface area contributed by atoms with E-state index in [1.165, 1.54) is 18.2 Å². The number of nitrogens with zero attached hydrogens (tertiary/aromatic N) is 3. The number of anilines is 2. The smallest absolute Gasteiger partial charge is 0.248 e.